The minimum Gasteiger partial charge on any atom is -0.317 e. The highest BCUT2D eigenvalue weighted by atomic mass is 79.9. The van der Waals surface area contributed by atoms with Crippen molar-refractivity contribution in [1.82, 2.24) is 15.2 Å². The topological polar surface area (TPSA) is 28.2 Å². The van der Waals surface area contributed by atoms with E-state index >= 15 is 0 Å². The summed E-state index contributed by atoms with van der Waals surface area (Å²) in [4.78, 5) is 7.10. The third-order valence-electron chi connectivity index (χ3n) is 4.19. The van der Waals surface area contributed by atoms with Crippen LogP contribution in [0.5, 0.6) is 0 Å². The lowest BCUT2D eigenvalue weighted by Crippen LogP contribution is -2.40. The van der Waals surface area contributed by atoms with Crippen LogP contribution in [0.25, 0.3) is 10.9 Å². The van der Waals surface area contributed by atoms with Gasteiger partial charge < -0.3 is 5.32 Å². The van der Waals surface area contributed by atoms with Crippen molar-refractivity contribution in [2.45, 2.75) is 25.4 Å². The Labute approximate surface area is 128 Å². The molecule has 0 saturated carbocycles. The van der Waals surface area contributed by atoms with Crippen molar-refractivity contribution in [2.24, 2.45) is 0 Å². The first kappa shape index (κ1) is 14.0. The summed E-state index contributed by atoms with van der Waals surface area (Å²) in [5, 5.41) is 4.58. The Morgan fingerprint density at radius 3 is 2.85 bits per heavy atom. The van der Waals surface area contributed by atoms with Crippen molar-refractivity contribution in [3.05, 3.63) is 40.5 Å². The molecule has 1 aliphatic rings. The predicted octanol–water partition coefficient (Wildman–Crippen LogP) is 3.18. The zero-order valence-electron chi connectivity index (χ0n) is 11.8. The quantitative estimate of drug-likeness (QED) is 0.934. The van der Waals surface area contributed by atoms with Crippen LogP contribution in [0.1, 0.15) is 18.4 Å². The molecule has 2 aromatic rings. The molecule has 3 rings (SSSR count). The number of rotatable bonds is 3. The fourth-order valence-electron chi connectivity index (χ4n) is 2.94. The van der Waals surface area contributed by atoms with Gasteiger partial charge in [0.05, 0.1) is 5.52 Å². The summed E-state index contributed by atoms with van der Waals surface area (Å²) in [7, 11) is 2.06. The number of pyridine rings is 1. The number of hydrogen-bond acceptors (Lipinski definition) is 3. The molecule has 0 bridgehead atoms. The van der Waals surface area contributed by atoms with Gasteiger partial charge in [0, 0.05) is 28.6 Å². The maximum absolute atomic E-state index is 4.57. The van der Waals surface area contributed by atoms with E-state index in [4.69, 9.17) is 0 Å². The monoisotopic (exact) mass is 333 g/mol. The Bertz CT molecular complexity index is 591. The van der Waals surface area contributed by atoms with Crippen LogP contribution in [-0.4, -0.2) is 36.1 Å². The van der Waals surface area contributed by atoms with Crippen LogP contribution < -0.4 is 5.32 Å². The van der Waals surface area contributed by atoms with Gasteiger partial charge in [-0.1, -0.05) is 28.1 Å². The van der Waals surface area contributed by atoms with E-state index in [1.165, 1.54) is 23.8 Å². The van der Waals surface area contributed by atoms with E-state index in [-0.39, 0.29) is 0 Å². The van der Waals surface area contributed by atoms with Gasteiger partial charge in [0.2, 0.25) is 0 Å². The molecular weight excluding hydrogens is 314 g/mol. The Balaban J connectivity index is 1.80. The molecule has 3 nitrogen and oxygen atoms in total. The van der Waals surface area contributed by atoms with Crippen molar-refractivity contribution < 1.29 is 0 Å². The molecule has 1 aliphatic heterocycles. The Morgan fingerprint density at radius 1 is 1.30 bits per heavy atom. The first-order valence-electron chi connectivity index (χ1n) is 7.19. The van der Waals surface area contributed by atoms with Gasteiger partial charge in [0.25, 0.3) is 0 Å². The van der Waals surface area contributed by atoms with E-state index in [1.54, 1.807) is 0 Å². The number of nitrogens with zero attached hydrogens (tertiary/aromatic N) is 2. The van der Waals surface area contributed by atoms with Gasteiger partial charge in [-0.05, 0) is 50.7 Å². The first-order valence-corrected chi connectivity index (χ1v) is 7.99. The number of piperidine rings is 1. The van der Waals surface area contributed by atoms with Gasteiger partial charge in [-0.3, -0.25) is 9.88 Å². The third-order valence-corrected chi connectivity index (χ3v) is 4.88. The highest BCUT2D eigenvalue weighted by Gasteiger charge is 2.18. The lowest BCUT2D eigenvalue weighted by Gasteiger charge is -2.31. The fraction of sp³-hybridized carbons (Fsp3) is 0.438. The molecule has 106 valence electrons. The minimum absolute atomic E-state index is 0.686. The Kier molecular flexibility index (Phi) is 4.34. The van der Waals surface area contributed by atoms with Crippen LogP contribution in [0.2, 0.25) is 0 Å². The van der Waals surface area contributed by atoms with E-state index in [0.29, 0.717) is 6.04 Å². The average Bonchev–Trinajstić information content (AvgIpc) is 2.51. The summed E-state index contributed by atoms with van der Waals surface area (Å²) in [5.74, 6) is 0. The summed E-state index contributed by atoms with van der Waals surface area (Å²) >= 11 is 3.61. The molecule has 0 atom stereocenters. The molecule has 0 unspecified atom stereocenters. The standard InChI is InChI=1S/C16H20BrN3/c1-18-13-6-9-20(10-7-13)11-12-4-5-15(17)14-3-2-8-19-16(12)14/h2-5,8,13,18H,6-7,9-11H2,1H3. The molecule has 0 aliphatic carbocycles. The minimum atomic E-state index is 0.686. The molecule has 2 heterocycles. The number of benzene rings is 1. The van der Waals surface area contributed by atoms with Crippen molar-refractivity contribution in [2.75, 3.05) is 20.1 Å². The van der Waals surface area contributed by atoms with Crippen LogP contribution in [0.3, 0.4) is 0 Å². The number of nitrogens with one attached hydrogen (secondary N) is 1. The van der Waals surface area contributed by atoms with E-state index in [9.17, 15) is 0 Å². The van der Waals surface area contributed by atoms with E-state index in [0.717, 1.165) is 29.6 Å². The van der Waals surface area contributed by atoms with Gasteiger partial charge in [-0.15, -0.1) is 0 Å². The molecule has 1 fully saturated rings. The van der Waals surface area contributed by atoms with Gasteiger partial charge in [0.1, 0.15) is 0 Å². The Hall–Kier alpha value is -0.970. The molecule has 1 aromatic carbocycles. The summed E-state index contributed by atoms with van der Waals surface area (Å²) in [6.07, 6.45) is 4.35. The van der Waals surface area contributed by atoms with E-state index in [2.05, 4.69) is 56.4 Å². The maximum atomic E-state index is 4.57. The molecule has 4 heteroatoms. The van der Waals surface area contributed by atoms with Crippen molar-refractivity contribution >= 4 is 26.8 Å². The summed E-state index contributed by atoms with van der Waals surface area (Å²) in [6.45, 7) is 3.32. The van der Waals surface area contributed by atoms with Gasteiger partial charge >= 0.3 is 0 Å². The molecule has 1 aromatic heterocycles. The zero-order valence-corrected chi connectivity index (χ0v) is 13.4. The van der Waals surface area contributed by atoms with Crippen LogP contribution in [0.15, 0.2) is 34.9 Å². The molecule has 20 heavy (non-hydrogen) atoms. The predicted molar refractivity (Wildman–Crippen MR) is 86.8 cm³/mol. The SMILES string of the molecule is CNC1CCN(Cc2ccc(Br)c3cccnc23)CC1. The molecule has 0 spiro atoms. The van der Waals surface area contributed by atoms with Gasteiger partial charge in [-0.25, -0.2) is 0 Å². The molecule has 1 saturated heterocycles. The lowest BCUT2D eigenvalue weighted by molar-refractivity contribution is 0.195. The number of fused-ring (bicyclic) bond motifs is 1. The van der Waals surface area contributed by atoms with Crippen LogP contribution in [-0.2, 0) is 6.54 Å². The van der Waals surface area contributed by atoms with Gasteiger partial charge in [-0.2, -0.15) is 0 Å². The maximum Gasteiger partial charge on any atom is 0.0758 e. The highest BCUT2D eigenvalue weighted by Crippen LogP contribution is 2.26. The van der Waals surface area contributed by atoms with Crippen molar-refractivity contribution in [3.63, 3.8) is 0 Å². The lowest BCUT2D eigenvalue weighted by atomic mass is 10.0. The molecule has 0 radical (unpaired) electrons. The fourth-order valence-corrected chi connectivity index (χ4v) is 3.40. The Morgan fingerprint density at radius 2 is 2.10 bits per heavy atom. The second-order valence-electron chi connectivity index (χ2n) is 5.45. The largest absolute Gasteiger partial charge is 0.317 e. The third kappa shape index (κ3) is 2.87. The molecule has 0 amide bonds. The van der Waals surface area contributed by atoms with Crippen molar-refractivity contribution in [1.29, 1.82) is 0 Å². The normalized spacial score (nSPS) is 17.7. The second-order valence-corrected chi connectivity index (χ2v) is 6.30. The summed E-state index contributed by atoms with van der Waals surface area (Å²) in [6, 6.07) is 9.15. The van der Waals surface area contributed by atoms with Crippen LogP contribution in [0, 0.1) is 0 Å². The summed E-state index contributed by atoms with van der Waals surface area (Å²) in [5.41, 5.74) is 2.45. The molecule has 1 N–H and O–H groups in total. The average molecular weight is 334 g/mol. The number of halogens is 1. The number of aromatic nitrogens is 1. The first-order chi connectivity index (χ1) is 9.78. The number of likely N-dealkylation sites (tertiary alicyclic amines) is 1. The number of hydrogen-bond donors (Lipinski definition) is 1. The summed E-state index contributed by atoms with van der Waals surface area (Å²) < 4.78 is 1.12. The van der Waals surface area contributed by atoms with E-state index in [1.807, 2.05) is 12.3 Å². The second kappa shape index (κ2) is 6.20. The van der Waals surface area contributed by atoms with Crippen LogP contribution >= 0.6 is 15.9 Å². The zero-order chi connectivity index (χ0) is 13.9. The van der Waals surface area contributed by atoms with Gasteiger partial charge in [0.15, 0.2) is 0 Å². The van der Waals surface area contributed by atoms with Crippen LogP contribution in [0.4, 0.5) is 0 Å². The van der Waals surface area contributed by atoms with E-state index < -0.39 is 0 Å². The molecular formula is C16H20BrN3. The van der Waals surface area contributed by atoms with Crippen molar-refractivity contribution in [3.8, 4) is 0 Å². The highest BCUT2D eigenvalue weighted by molar-refractivity contribution is 9.10. The smallest absolute Gasteiger partial charge is 0.0758 e.